The molecule has 2 saturated heterocycles. The lowest BCUT2D eigenvalue weighted by atomic mass is 10.0. The van der Waals surface area contributed by atoms with Crippen molar-refractivity contribution >= 4 is 52.3 Å². The third kappa shape index (κ3) is 2.93. The zero-order valence-electron chi connectivity index (χ0n) is 15.7. The second-order valence-corrected chi connectivity index (χ2v) is 8.43. The van der Waals surface area contributed by atoms with Crippen molar-refractivity contribution in [2.75, 3.05) is 18.1 Å². The first-order valence-corrected chi connectivity index (χ1v) is 10.4. The summed E-state index contributed by atoms with van der Waals surface area (Å²) < 4.78 is 0. The average Bonchev–Trinajstić information content (AvgIpc) is 3.38. The number of hydrogen-bond donors (Lipinski definition) is 0. The number of likely N-dealkylation sites (tertiary alicyclic amines) is 1. The fraction of sp³-hybridized carbons (Fsp3) is 0.421. The molecule has 2 fully saturated rings. The zero-order chi connectivity index (χ0) is 20.9. The molecule has 1 aromatic carbocycles. The summed E-state index contributed by atoms with van der Waals surface area (Å²) >= 11 is 19.0. The second-order valence-electron chi connectivity index (χ2n) is 7.27. The minimum absolute atomic E-state index is 0.0653. The summed E-state index contributed by atoms with van der Waals surface area (Å²) in [5.74, 6) is -0.138. The molecule has 152 valence electrons. The van der Waals surface area contributed by atoms with Gasteiger partial charge in [-0.2, -0.15) is 10.4 Å². The summed E-state index contributed by atoms with van der Waals surface area (Å²) in [6, 6.07) is 5.49. The highest BCUT2D eigenvalue weighted by Crippen LogP contribution is 2.47. The normalized spacial score (nSPS) is 24.6. The number of halogens is 3. The van der Waals surface area contributed by atoms with Crippen LogP contribution in [0.2, 0.25) is 15.1 Å². The van der Waals surface area contributed by atoms with E-state index in [9.17, 15) is 14.9 Å². The molecule has 0 radical (unpaired) electrons. The molecule has 1 unspecified atom stereocenters. The van der Waals surface area contributed by atoms with Gasteiger partial charge in [-0.1, -0.05) is 34.8 Å². The number of hydrogen-bond acceptors (Lipinski definition) is 5. The number of nitriles is 1. The molecule has 0 aliphatic carbocycles. The van der Waals surface area contributed by atoms with E-state index in [1.807, 2.05) is 0 Å². The number of hydrazine groups is 2. The van der Waals surface area contributed by atoms with Crippen molar-refractivity contribution in [3.05, 3.63) is 39.0 Å². The molecule has 3 aliphatic heterocycles. The van der Waals surface area contributed by atoms with Crippen LogP contribution >= 0.6 is 34.8 Å². The van der Waals surface area contributed by atoms with Crippen molar-refractivity contribution < 1.29 is 9.59 Å². The van der Waals surface area contributed by atoms with E-state index >= 15 is 0 Å². The summed E-state index contributed by atoms with van der Waals surface area (Å²) in [7, 11) is 0. The summed E-state index contributed by atoms with van der Waals surface area (Å²) in [5.41, 5.74) is -0.384. The van der Waals surface area contributed by atoms with Crippen LogP contribution in [-0.4, -0.2) is 45.6 Å². The first-order chi connectivity index (χ1) is 13.8. The SMILES string of the molecule is CC1(N2CCCC2=O)C(C#N)=CN(N2CCCC2=O)N1c1ccc(Cl)c(Cl)c1Cl. The summed E-state index contributed by atoms with van der Waals surface area (Å²) in [6.07, 6.45) is 3.80. The van der Waals surface area contributed by atoms with E-state index in [0.717, 1.165) is 0 Å². The highest BCUT2D eigenvalue weighted by atomic mass is 35.5. The predicted octanol–water partition coefficient (Wildman–Crippen LogP) is 3.97. The van der Waals surface area contributed by atoms with E-state index in [4.69, 9.17) is 34.8 Å². The Bertz CT molecular complexity index is 975. The molecule has 0 spiro atoms. The van der Waals surface area contributed by atoms with Crippen LogP contribution in [0.15, 0.2) is 23.9 Å². The molecular formula is C19H18Cl3N5O2. The van der Waals surface area contributed by atoms with Gasteiger partial charge in [0.1, 0.15) is 6.07 Å². The van der Waals surface area contributed by atoms with Crippen molar-refractivity contribution in [2.45, 2.75) is 38.3 Å². The Morgan fingerprint density at radius 3 is 2.31 bits per heavy atom. The summed E-state index contributed by atoms with van der Waals surface area (Å²) in [6.45, 7) is 2.77. The van der Waals surface area contributed by atoms with Gasteiger partial charge in [-0.05, 0) is 31.9 Å². The van der Waals surface area contributed by atoms with Gasteiger partial charge in [0.2, 0.25) is 11.8 Å². The van der Waals surface area contributed by atoms with Gasteiger partial charge in [0, 0.05) is 25.9 Å². The number of amides is 2. The predicted molar refractivity (Wildman–Crippen MR) is 110 cm³/mol. The van der Waals surface area contributed by atoms with Gasteiger partial charge < -0.3 is 4.90 Å². The summed E-state index contributed by atoms with van der Waals surface area (Å²) in [5, 5.41) is 15.4. The van der Waals surface area contributed by atoms with Gasteiger partial charge in [-0.15, -0.1) is 0 Å². The Labute approximate surface area is 183 Å². The number of carbonyl (C=O) groups excluding carboxylic acids is 2. The van der Waals surface area contributed by atoms with Gasteiger partial charge >= 0.3 is 0 Å². The van der Waals surface area contributed by atoms with Gasteiger partial charge in [0.05, 0.1) is 32.5 Å². The van der Waals surface area contributed by atoms with Crippen LogP contribution in [-0.2, 0) is 9.59 Å². The van der Waals surface area contributed by atoms with E-state index in [1.165, 1.54) is 0 Å². The number of nitrogens with zero attached hydrogens (tertiary/aromatic N) is 5. The molecule has 1 aromatic rings. The van der Waals surface area contributed by atoms with E-state index in [-0.39, 0.29) is 26.9 Å². The molecule has 0 bridgehead atoms. The maximum atomic E-state index is 12.7. The maximum absolute atomic E-state index is 12.7. The third-order valence-electron chi connectivity index (χ3n) is 5.63. The van der Waals surface area contributed by atoms with E-state index in [0.29, 0.717) is 50.0 Å². The molecule has 4 rings (SSSR count). The average molecular weight is 455 g/mol. The van der Waals surface area contributed by atoms with E-state index in [1.54, 1.807) is 45.3 Å². The number of rotatable bonds is 3. The lowest BCUT2D eigenvalue weighted by Crippen LogP contribution is -2.64. The Kier molecular flexibility index (Phi) is 5.06. The topological polar surface area (TPSA) is 70.9 Å². The smallest absolute Gasteiger partial charge is 0.242 e. The van der Waals surface area contributed by atoms with Crippen LogP contribution < -0.4 is 5.01 Å². The van der Waals surface area contributed by atoms with Crippen molar-refractivity contribution in [2.24, 2.45) is 0 Å². The zero-order valence-corrected chi connectivity index (χ0v) is 17.9. The monoisotopic (exact) mass is 453 g/mol. The second kappa shape index (κ2) is 7.28. The highest BCUT2D eigenvalue weighted by molar-refractivity contribution is 6.49. The molecule has 0 saturated carbocycles. The van der Waals surface area contributed by atoms with Crippen LogP contribution in [0.5, 0.6) is 0 Å². The van der Waals surface area contributed by atoms with Gasteiger partial charge in [0.15, 0.2) is 5.66 Å². The minimum Gasteiger partial charge on any atom is -0.314 e. The minimum atomic E-state index is -1.16. The quantitative estimate of drug-likeness (QED) is 0.646. The largest absolute Gasteiger partial charge is 0.314 e. The molecule has 3 heterocycles. The first-order valence-electron chi connectivity index (χ1n) is 9.26. The number of carbonyl (C=O) groups is 2. The fourth-order valence-electron chi connectivity index (χ4n) is 4.16. The standard InChI is InChI=1S/C19H18Cl3N5O2/c1-19(24-8-2-4-15(24)28)12(10-23)11-26(25-9-3-5-16(25)29)27(19)14-7-6-13(20)17(21)18(14)22/h6-7,11H,2-5,8-9H2,1H3. The van der Waals surface area contributed by atoms with Crippen LogP contribution in [0.3, 0.4) is 0 Å². The summed E-state index contributed by atoms with van der Waals surface area (Å²) in [4.78, 5) is 26.9. The highest BCUT2D eigenvalue weighted by Gasteiger charge is 2.54. The molecule has 10 heteroatoms. The Hall–Kier alpha value is -2.14. The van der Waals surface area contributed by atoms with Crippen LogP contribution in [0.25, 0.3) is 0 Å². The maximum Gasteiger partial charge on any atom is 0.242 e. The Morgan fingerprint density at radius 1 is 1.03 bits per heavy atom. The molecule has 7 nitrogen and oxygen atoms in total. The van der Waals surface area contributed by atoms with Crippen LogP contribution in [0, 0.1) is 11.3 Å². The molecule has 0 aromatic heterocycles. The number of benzene rings is 1. The van der Waals surface area contributed by atoms with Gasteiger partial charge in [-0.3, -0.25) is 9.59 Å². The molecule has 3 aliphatic rings. The molecule has 2 amide bonds. The van der Waals surface area contributed by atoms with Crippen molar-refractivity contribution in [1.29, 1.82) is 5.26 Å². The Balaban J connectivity index is 1.92. The number of anilines is 1. The van der Waals surface area contributed by atoms with Gasteiger partial charge in [0.25, 0.3) is 0 Å². The molecule has 1 atom stereocenters. The van der Waals surface area contributed by atoms with E-state index in [2.05, 4.69) is 6.07 Å². The van der Waals surface area contributed by atoms with Crippen molar-refractivity contribution in [3.8, 4) is 6.07 Å². The molecule has 0 N–H and O–H groups in total. The van der Waals surface area contributed by atoms with E-state index < -0.39 is 5.66 Å². The van der Waals surface area contributed by atoms with Crippen molar-refractivity contribution in [1.82, 2.24) is 15.0 Å². The van der Waals surface area contributed by atoms with Crippen molar-refractivity contribution in [3.63, 3.8) is 0 Å². The molecule has 29 heavy (non-hydrogen) atoms. The fourth-order valence-corrected chi connectivity index (χ4v) is 4.78. The molecular weight excluding hydrogens is 437 g/mol. The van der Waals surface area contributed by atoms with Crippen LogP contribution in [0.1, 0.15) is 32.6 Å². The van der Waals surface area contributed by atoms with Crippen LogP contribution in [0.4, 0.5) is 5.69 Å². The Morgan fingerprint density at radius 2 is 1.72 bits per heavy atom. The lowest BCUT2D eigenvalue weighted by molar-refractivity contribution is -0.142. The van der Waals surface area contributed by atoms with Gasteiger partial charge in [-0.25, -0.2) is 10.0 Å². The first kappa shape index (κ1) is 20.1. The third-order valence-corrected chi connectivity index (χ3v) is 6.91. The lowest BCUT2D eigenvalue weighted by Gasteiger charge is -2.48.